The molecule has 0 aliphatic heterocycles. The van der Waals surface area contributed by atoms with Crippen molar-refractivity contribution in [3.63, 3.8) is 0 Å². The van der Waals surface area contributed by atoms with Crippen LogP contribution in [0.25, 0.3) is 22.6 Å². The molecule has 0 fully saturated rings. The number of carbonyl (C=O) groups excluding carboxylic acids is 1. The number of oxazole rings is 1. The van der Waals surface area contributed by atoms with Gasteiger partial charge in [-0.05, 0) is 30.3 Å². The number of fused-ring (bicyclic) bond motifs is 1. The Morgan fingerprint density at radius 2 is 1.95 bits per heavy atom. The number of nitrogens with zero attached hydrogens (tertiary/aromatic N) is 2. The first kappa shape index (κ1) is 13.7. The van der Waals surface area contributed by atoms with E-state index in [0.717, 1.165) is 0 Å². The van der Waals surface area contributed by atoms with Crippen LogP contribution in [0.5, 0.6) is 5.75 Å². The first-order chi connectivity index (χ1) is 10.5. The molecule has 3 rings (SSSR count). The normalized spacial score (nSPS) is 10.6. The fourth-order valence-corrected chi connectivity index (χ4v) is 1.98. The fraction of sp³-hybridized carbons (Fsp3) is 0.0667. The zero-order valence-electron chi connectivity index (χ0n) is 11.5. The SMILES string of the molecule is CC(=O)Oc1ccc(-c2nc3cc([N+](=O)[O-])ccc3o2)cc1. The molecule has 0 radical (unpaired) electrons. The molecule has 2 aromatic carbocycles. The zero-order chi connectivity index (χ0) is 15.7. The molecule has 0 spiro atoms. The van der Waals surface area contributed by atoms with Gasteiger partial charge in [-0.2, -0.15) is 0 Å². The standard InChI is InChI=1S/C15H10N2O5/c1-9(18)21-12-5-2-10(3-6-12)15-16-13-8-11(17(19)20)4-7-14(13)22-15/h2-8H,1H3. The Balaban J connectivity index is 1.95. The van der Waals surface area contributed by atoms with Gasteiger partial charge >= 0.3 is 5.97 Å². The molecule has 1 heterocycles. The molecule has 0 atom stereocenters. The average molecular weight is 298 g/mol. The molecule has 7 heteroatoms. The maximum atomic E-state index is 10.9. The molecule has 0 saturated carbocycles. The van der Waals surface area contributed by atoms with Crippen molar-refractivity contribution in [2.45, 2.75) is 6.92 Å². The van der Waals surface area contributed by atoms with Crippen LogP contribution < -0.4 is 4.74 Å². The highest BCUT2D eigenvalue weighted by molar-refractivity contribution is 5.78. The molecule has 22 heavy (non-hydrogen) atoms. The van der Waals surface area contributed by atoms with Crippen LogP contribution >= 0.6 is 0 Å². The summed E-state index contributed by atoms with van der Waals surface area (Å²) in [5.41, 5.74) is 1.50. The van der Waals surface area contributed by atoms with E-state index in [0.29, 0.717) is 28.3 Å². The van der Waals surface area contributed by atoms with Gasteiger partial charge in [0.2, 0.25) is 5.89 Å². The van der Waals surface area contributed by atoms with Crippen LogP contribution in [0.4, 0.5) is 5.69 Å². The minimum absolute atomic E-state index is 0.0439. The van der Waals surface area contributed by atoms with Crippen molar-refractivity contribution in [2.75, 3.05) is 0 Å². The molecular formula is C15H10N2O5. The first-order valence-electron chi connectivity index (χ1n) is 6.37. The van der Waals surface area contributed by atoms with E-state index >= 15 is 0 Å². The highest BCUT2D eigenvalue weighted by Gasteiger charge is 2.13. The third-order valence-electron chi connectivity index (χ3n) is 2.94. The van der Waals surface area contributed by atoms with Crippen LogP contribution in [0.2, 0.25) is 0 Å². The maximum absolute atomic E-state index is 10.9. The first-order valence-corrected chi connectivity index (χ1v) is 6.37. The Kier molecular flexibility index (Phi) is 3.30. The Morgan fingerprint density at radius 1 is 1.23 bits per heavy atom. The monoisotopic (exact) mass is 298 g/mol. The summed E-state index contributed by atoms with van der Waals surface area (Å²) in [7, 11) is 0. The molecule has 0 aliphatic carbocycles. The lowest BCUT2D eigenvalue weighted by Crippen LogP contribution is -2.00. The van der Waals surface area contributed by atoms with Crippen LogP contribution in [0.15, 0.2) is 46.9 Å². The number of benzene rings is 2. The Labute approximate surface area is 124 Å². The van der Waals surface area contributed by atoms with E-state index in [1.807, 2.05) is 0 Å². The summed E-state index contributed by atoms with van der Waals surface area (Å²) in [6.07, 6.45) is 0. The van der Waals surface area contributed by atoms with Crippen molar-refractivity contribution in [1.82, 2.24) is 4.98 Å². The number of hydrogen-bond donors (Lipinski definition) is 0. The molecule has 0 bridgehead atoms. The number of esters is 1. The van der Waals surface area contributed by atoms with Crippen molar-refractivity contribution in [3.8, 4) is 17.2 Å². The molecule has 110 valence electrons. The van der Waals surface area contributed by atoms with Crippen molar-refractivity contribution in [3.05, 3.63) is 52.6 Å². The summed E-state index contributed by atoms with van der Waals surface area (Å²) >= 11 is 0. The van der Waals surface area contributed by atoms with Crippen LogP contribution in [0, 0.1) is 10.1 Å². The van der Waals surface area contributed by atoms with E-state index < -0.39 is 10.9 Å². The van der Waals surface area contributed by atoms with Gasteiger partial charge in [-0.15, -0.1) is 0 Å². The number of nitro groups is 1. The smallest absolute Gasteiger partial charge is 0.308 e. The number of nitro benzene ring substituents is 1. The zero-order valence-corrected chi connectivity index (χ0v) is 11.5. The highest BCUT2D eigenvalue weighted by Crippen LogP contribution is 2.28. The summed E-state index contributed by atoms with van der Waals surface area (Å²) in [5, 5.41) is 10.8. The quantitative estimate of drug-likeness (QED) is 0.318. The van der Waals surface area contributed by atoms with E-state index in [-0.39, 0.29) is 5.69 Å². The molecule has 0 unspecified atom stereocenters. The van der Waals surface area contributed by atoms with Gasteiger partial charge in [0.1, 0.15) is 11.3 Å². The lowest BCUT2D eigenvalue weighted by molar-refractivity contribution is -0.384. The van der Waals surface area contributed by atoms with Crippen LogP contribution in [0.1, 0.15) is 6.92 Å². The molecule has 3 aromatic rings. The number of non-ortho nitro benzene ring substituents is 1. The molecule has 1 aromatic heterocycles. The van der Waals surface area contributed by atoms with Gasteiger partial charge in [-0.1, -0.05) is 0 Å². The second-order valence-electron chi connectivity index (χ2n) is 4.55. The predicted molar refractivity (Wildman–Crippen MR) is 77.4 cm³/mol. The summed E-state index contributed by atoms with van der Waals surface area (Å²) in [6, 6.07) is 10.9. The van der Waals surface area contributed by atoms with Gasteiger partial charge < -0.3 is 9.15 Å². The second kappa shape index (κ2) is 5.28. The van der Waals surface area contributed by atoms with Gasteiger partial charge in [-0.25, -0.2) is 4.98 Å². The predicted octanol–water partition coefficient (Wildman–Crippen LogP) is 3.33. The lowest BCUT2D eigenvalue weighted by Gasteiger charge is -2.01. The third kappa shape index (κ3) is 2.64. The second-order valence-corrected chi connectivity index (χ2v) is 4.55. The largest absolute Gasteiger partial charge is 0.436 e. The van der Waals surface area contributed by atoms with E-state index in [9.17, 15) is 14.9 Å². The van der Waals surface area contributed by atoms with Gasteiger partial charge in [0.15, 0.2) is 5.58 Å². The Morgan fingerprint density at radius 3 is 2.59 bits per heavy atom. The van der Waals surface area contributed by atoms with Crippen molar-refractivity contribution in [1.29, 1.82) is 0 Å². The van der Waals surface area contributed by atoms with E-state index in [1.165, 1.54) is 25.1 Å². The molecule has 0 aliphatic rings. The maximum Gasteiger partial charge on any atom is 0.308 e. The minimum atomic E-state index is -0.484. The lowest BCUT2D eigenvalue weighted by atomic mass is 10.2. The summed E-state index contributed by atoms with van der Waals surface area (Å²) in [4.78, 5) is 25.4. The minimum Gasteiger partial charge on any atom is -0.436 e. The van der Waals surface area contributed by atoms with E-state index in [2.05, 4.69) is 4.98 Å². The summed E-state index contributed by atoms with van der Waals surface area (Å²) in [6.45, 7) is 1.32. The van der Waals surface area contributed by atoms with Gasteiger partial charge in [-0.3, -0.25) is 14.9 Å². The third-order valence-corrected chi connectivity index (χ3v) is 2.94. The number of rotatable bonds is 3. The number of ether oxygens (including phenoxy) is 1. The number of aromatic nitrogens is 1. The fourth-order valence-electron chi connectivity index (χ4n) is 1.98. The number of hydrogen-bond acceptors (Lipinski definition) is 6. The Bertz CT molecular complexity index is 867. The Hall–Kier alpha value is -3.22. The molecule has 7 nitrogen and oxygen atoms in total. The van der Waals surface area contributed by atoms with Crippen molar-refractivity contribution >= 4 is 22.8 Å². The summed E-state index contributed by atoms with van der Waals surface area (Å²) < 4.78 is 10.5. The van der Waals surface area contributed by atoms with Crippen LogP contribution in [0.3, 0.4) is 0 Å². The number of carbonyl (C=O) groups is 1. The van der Waals surface area contributed by atoms with Gasteiger partial charge in [0.05, 0.1) is 4.92 Å². The van der Waals surface area contributed by atoms with Crippen molar-refractivity contribution < 1.29 is 18.9 Å². The summed E-state index contributed by atoms with van der Waals surface area (Å²) in [5.74, 6) is 0.356. The topological polar surface area (TPSA) is 95.5 Å². The molecule has 0 amide bonds. The van der Waals surface area contributed by atoms with E-state index in [1.54, 1.807) is 24.3 Å². The molecule has 0 saturated heterocycles. The van der Waals surface area contributed by atoms with Crippen LogP contribution in [-0.2, 0) is 4.79 Å². The van der Waals surface area contributed by atoms with Gasteiger partial charge in [0.25, 0.3) is 5.69 Å². The van der Waals surface area contributed by atoms with Gasteiger partial charge in [0, 0.05) is 24.6 Å². The van der Waals surface area contributed by atoms with Crippen LogP contribution in [-0.4, -0.2) is 15.9 Å². The average Bonchev–Trinajstić information content (AvgIpc) is 2.90. The highest BCUT2D eigenvalue weighted by atomic mass is 16.6. The van der Waals surface area contributed by atoms with E-state index in [4.69, 9.17) is 9.15 Å². The van der Waals surface area contributed by atoms with Crippen molar-refractivity contribution in [2.24, 2.45) is 0 Å². The molecular weight excluding hydrogens is 288 g/mol. The molecule has 0 N–H and O–H groups in total.